The van der Waals surface area contributed by atoms with E-state index >= 15 is 0 Å². The number of Topliss-reactive ketones (excluding diaryl/α,β-unsaturated/α-hetero) is 1. The fraction of sp³-hybridized carbons (Fsp3) is 0.296. The van der Waals surface area contributed by atoms with Crippen LogP contribution in [0.4, 0.5) is 4.79 Å². The standard InChI is InChI=1S/C27H25N3O6/c1-16-13-19(17(2)30(16)18-7-8-23-24(14-18)36-12-11-35-23)21(31)15-29-25(32)27(28-26(29)33)9-10-34-22-6-4-3-5-20(22)27/h3-8,13-14H,9-12,15H2,1-2H3,(H,28,33). The second-order valence-electron chi connectivity index (χ2n) is 9.19. The summed E-state index contributed by atoms with van der Waals surface area (Å²) in [6, 6.07) is 14.0. The Morgan fingerprint density at radius 2 is 1.69 bits per heavy atom. The minimum Gasteiger partial charge on any atom is -0.493 e. The number of carbonyl (C=O) groups excluding carboxylic acids is 3. The van der Waals surface area contributed by atoms with Gasteiger partial charge in [0.2, 0.25) is 0 Å². The molecule has 0 bridgehead atoms. The SMILES string of the molecule is Cc1cc(C(=O)CN2C(=O)NC3(CCOc4ccccc43)C2=O)c(C)n1-c1ccc2c(c1)OCCO2. The maximum absolute atomic E-state index is 13.5. The summed E-state index contributed by atoms with van der Waals surface area (Å²) >= 11 is 0. The van der Waals surface area contributed by atoms with Gasteiger partial charge in [0, 0.05) is 40.7 Å². The van der Waals surface area contributed by atoms with Crippen molar-refractivity contribution in [2.75, 3.05) is 26.4 Å². The third-order valence-corrected chi connectivity index (χ3v) is 7.07. The number of imide groups is 1. The van der Waals surface area contributed by atoms with Crippen molar-refractivity contribution < 1.29 is 28.6 Å². The van der Waals surface area contributed by atoms with Crippen LogP contribution >= 0.6 is 0 Å². The average Bonchev–Trinajstić information content (AvgIpc) is 3.31. The highest BCUT2D eigenvalue weighted by Gasteiger charge is 2.55. The molecule has 1 N–H and O–H groups in total. The van der Waals surface area contributed by atoms with Gasteiger partial charge in [-0.3, -0.25) is 14.5 Å². The van der Waals surface area contributed by atoms with Gasteiger partial charge >= 0.3 is 6.03 Å². The minimum atomic E-state index is -1.21. The lowest BCUT2D eigenvalue weighted by molar-refractivity contribution is -0.132. The van der Waals surface area contributed by atoms with Crippen molar-refractivity contribution in [3.05, 3.63) is 71.0 Å². The molecule has 184 valence electrons. The Balaban J connectivity index is 1.28. The summed E-state index contributed by atoms with van der Waals surface area (Å²) in [7, 11) is 0. The average molecular weight is 488 g/mol. The van der Waals surface area contributed by atoms with E-state index in [1.165, 1.54) is 0 Å². The predicted octanol–water partition coefficient (Wildman–Crippen LogP) is 3.28. The fourth-order valence-electron chi connectivity index (χ4n) is 5.36. The van der Waals surface area contributed by atoms with E-state index in [0.29, 0.717) is 60.3 Å². The van der Waals surface area contributed by atoms with E-state index in [2.05, 4.69) is 5.32 Å². The Kier molecular flexibility index (Phi) is 5.03. The predicted molar refractivity (Wildman–Crippen MR) is 129 cm³/mol. The van der Waals surface area contributed by atoms with E-state index in [1.807, 2.05) is 42.7 Å². The van der Waals surface area contributed by atoms with Crippen molar-refractivity contribution in [1.29, 1.82) is 0 Å². The van der Waals surface area contributed by atoms with Crippen LogP contribution in [0.5, 0.6) is 17.2 Å². The molecule has 1 fully saturated rings. The zero-order chi connectivity index (χ0) is 25.0. The van der Waals surface area contributed by atoms with Crippen LogP contribution in [0.2, 0.25) is 0 Å². The summed E-state index contributed by atoms with van der Waals surface area (Å²) in [6.07, 6.45) is 0.303. The molecular formula is C27H25N3O6. The van der Waals surface area contributed by atoms with Crippen molar-refractivity contribution in [3.63, 3.8) is 0 Å². The van der Waals surface area contributed by atoms with Gasteiger partial charge in [-0.05, 0) is 38.1 Å². The molecule has 36 heavy (non-hydrogen) atoms. The zero-order valence-electron chi connectivity index (χ0n) is 20.0. The summed E-state index contributed by atoms with van der Waals surface area (Å²) < 4.78 is 19.0. The maximum atomic E-state index is 13.5. The van der Waals surface area contributed by atoms with Crippen molar-refractivity contribution in [2.24, 2.45) is 0 Å². The number of ketones is 1. The number of carbonyl (C=O) groups is 3. The summed E-state index contributed by atoms with van der Waals surface area (Å²) in [5.74, 6) is 1.16. The quantitative estimate of drug-likeness (QED) is 0.448. The van der Waals surface area contributed by atoms with Crippen molar-refractivity contribution in [2.45, 2.75) is 25.8 Å². The largest absolute Gasteiger partial charge is 0.493 e. The molecular weight excluding hydrogens is 462 g/mol. The first-order valence-electron chi connectivity index (χ1n) is 11.9. The lowest BCUT2D eigenvalue weighted by Gasteiger charge is -2.33. The number of hydrogen-bond donors (Lipinski definition) is 1. The van der Waals surface area contributed by atoms with Crippen molar-refractivity contribution >= 4 is 17.7 Å². The fourth-order valence-corrected chi connectivity index (χ4v) is 5.36. The van der Waals surface area contributed by atoms with Gasteiger partial charge in [0.05, 0.1) is 13.2 Å². The number of rotatable bonds is 4. The van der Waals surface area contributed by atoms with Crippen LogP contribution in [0.1, 0.15) is 33.7 Å². The molecule has 3 aliphatic rings. The van der Waals surface area contributed by atoms with Crippen LogP contribution < -0.4 is 19.5 Å². The van der Waals surface area contributed by atoms with Gasteiger partial charge in [-0.25, -0.2) is 4.79 Å². The number of aromatic nitrogens is 1. The second kappa shape index (κ2) is 8.15. The molecule has 0 aliphatic carbocycles. The first-order chi connectivity index (χ1) is 17.4. The molecule has 1 aromatic heterocycles. The molecule has 1 atom stereocenters. The number of nitrogens with zero attached hydrogens (tertiary/aromatic N) is 2. The van der Waals surface area contributed by atoms with Crippen molar-refractivity contribution in [3.8, 4) is 22.9 Å². The van der Waals surface area contributed by atoms with Crippen LogP contribution in [0.25, 0.3) is 5.69 Å². The molecule has 4 heterocycles. The van der Waals surface area contributed by atoms with Gasteiger partial charge in [-0.2, -0.15) is 0 Å². The first-order valence-corrected chi connectivity index (χ1v) is 11.9. The molecule has 1 unspecified atom stereocenters. The number of urea groups is 1. The number of ether oxygens (including phenoxy) is 3. The lowest BCUT2D eigenvalue weighted by atomic mass is 9.84. The molecule has 9 heteroatoms. The number of hydrogen-bond acceptors (Lipinski definition) is 6. The van der Waals surface area contributed by atoms with Crippen LogP contribution in [0.3, 0.4) is 0 Å². The Labute approximate surface area is 207 Å². The highest BCUT2D eigenvalue weighted by molar-refractivity contribution is 6.12. The van der Waals surface area contributed by atoms with E-state index in [4.69, 9.17) is 14.2 Å². The van der Waals surface area contributed by atoms with Gasteiger partial charge < -0.3 is 24.1 Å². The third kappa shape index (κ3) is 3.26. The van der Waals surface area contributed by atoms with Crippen LogP contribution in [0, 0.1) is 13.8 Å². The summed E-state index contributed by atoms with van der Waals surface area (Å²) in [5, 5.41) is 2.84. The lowest BCUT2D eigenvalue weighted by Crippen LogP contribution is -2.47. The summed E-state index contributed by atoms with van der Waals surface area (Å²) in [4.78, 5) is 40.9. The van der Waals surface area contributed by atoms with Crippen LogP contribution in [-0.2, 0) is 10.3 Å². The zero-order valence-corrected chi connectivity index (χ0v) is 20.0. The number of amides is 3. The van der Waals surface area contributed by atoms with Gasteiger partial charge in [0.15, 0.2) is 22.8 Å². The molecule has 9 nitrogen and oxygen atoms in total. The Bertz CT molecular complexity index is 1430. The Morgan fingerprint density at radius 3 is 2.53 bits per heavy atom. The Morgan fingerprint density at radius 1 is 0.944 bits per heavy atom. The molecule has 3 amide bonds. The van der Waals surface area contributed by atoms with Gasteiger partial charge in [-0.1, -0.05) is 18.2 Å². The molecule has 3 aromatic rings. The van der Waals surface area contributed by atoms with Crippen LogP contribution in [-0.4, -0.2) is 53.6 Å². The van der Waals surface area contributed by atoms with Crippen LogP contribution in [0.15, 0.2) is 48.5 Å². The van der Waals surface area contributed by atoms with Crippen molar-refractivity contribution in [1.82, 2.24) is 14.8 Å². The maximum Gasteiger partial charge on any atom is 0.325 e. The molecule has 3 aliphatic heterocycles. The topological polar surface area (TPSA) is 99.1 Å². The monoisotopic (exact) mass is 487 g/mol. The molecule has 0 radical (unpaired) electrons. The number of nitrogens with one attached hydrogen (secondary N) is 1. The van der Waals surface area contributed by atoms with E-state index in [-0.39, 0.29) is 12.3 Å². The number of aryl methyl sites for hydroxylation is 1. The smallest absolute Gasteiger partial charge is 0.325 e. The molecule has 6 rings (SSSR count). The van der Waals surface area contributed by atoms with E-state index in [1.54, 1.807) is 24.3 Å². The first kappa shape index (κ1) is 22.2. The van der Waals surface area contributed by atoms with E-state index in [0.717, 1.165) is 16.3 Å². The highest BCUT2D eigenvalue weighted by Crippen LogP contribution is 2.41. The van der Waals surface area contributed by atoms with E-state index in [9.17, 15) is 14.4 Å². The summed E-state index contributed by atoms with van der Waals surface area (Å²) in [5.41, 5.74) is 2.25. The van der Waals surface area contributed by atoms with Gasteiger partial charge in [-0.15, -0.1) is 0 Å². The molecule has 0 saturated carbocycles. The number of benzene rings is 2. The van der Waals surface area contributed by atoms with E-state index < -0.39 is 17.5 Å². The third-order valence-electron chi connectivity index (χ3n) is 7.07. The number of para-hydroxylation sites is 1. The summed E-state index contributed by atoms with van der Waals surface area (Å²) in [6.45, 7) is 4.69. The van der Waals surface area contributed by atoms with Gasteiger partial charge in [0.1, 0.15) is 19.0 Å². The molecule has 2 aromatic carbocycles. The van der Waals surface area contributed by atoms with Gasteiger partial charge in [0.25, 0.3) is 5.91 Å². The molecule has 1 spiro atoms. The number of fused-ring (bicyclic) bond motifs is 3. The highest BCUT2D eigenvalue weighted by atomic mass is 16.6. The minimum absolute atomic E-state index is 0.293. The second-order valence-corrected chi connectivity index (χ2v) is 9.19. The normalized spacial score (nSPS) is 20.2. The Hall–Kier alpha value is -4.27. The molecule has 1 saturated heterocycles.